The molecule has 0 aromatic heterocycles. The summed E-state index contributed by atoms with van der Waals surface area (Å²) in [6.45, 7) is 5.18. The molecule has 1 aromatic rings. The molecular formula is C12H21N3O2S. The topological polar surface area (TPSA) is 61.4 Å². The molecule has 0 heterocycles. The maximum Gasteiger partial charge on any atom is 0.301 e. The number of hydrogen-bond donors (Lipinski definition) is 2. The summed E-state index contributed by atoms with van der Waals surface area (Å²) < 4.78 is 28.3. The molecule has 0 bridgehead atoms. The van der Waals surface area contributed by atoms with E-state index in [4.69, 9.17) is 0 Å². The summed E-state index contributed by atoms with van der Waals surface area (Å²) in [5, 5.41) is 3.02. The summed E-state index contributed by atoms with van der Waals surface area (Å²) in [6, 6.07) is 7.38. The summed E-state index contributed by atoms with van der Waals surface area (Å²) in [4.78, 5) is 0. The van der Waals surface area contributed by atoms with Gasteiger partial charge in [0, 0.05) is 19.6 Å². The highest BCUT2D eigenvalue weighted by atomic mass is 32.2. The third kappa shape index (κ3) is 3.69. The van der Waals surface area contributed by atoms with Crippen molar-refractivity contribution in [2.45, 2.75) is 20.4 Å². The lowest BCUT2D eigenvalue weighted by atomic mass is 10.2. The van der Waals surface area contributed by atoms with Gasteiger partial charge in [-0.2, -0.15) is 12.7 Å². The average Bonchev–Trinajstić information content (AvgIpc) is 2.32. The lowest BCUT2D eigenvalue weighted by molar-refractivity contribution is 0.449. The van der Waals surface area contributed by atoms with E-state index in [1.807, 2.05) is 39.1 Å². The molecule has 102 valence electrons. The van der Waals surface area contributed by atoms with Crippen molar-refractivity contribution in [1.29, 1.82) is 0 Å². The van der Waals surface area contributed by atoms with Crippen molar-refractivity contribution in [1.82, 2.24) is 9.62 Å². The Morgan fingerprint density at radius 3 is 2.33 bits per heavy atom. The van der Waals surface area contributed by atoms with Gasteiger partial charge in [-0.1, -0.05) is 32.0 Å². The van der Waals surface area contributed by atoms with E-state index >= 15 is 0 Å². The molecule has 0 unspecified atom stereocenters. The van der Waals surface area contributed by atoms with Crippen molar-refractivity contribution in [3.05, 3.63) is 29.8 Å². The van der Waals surface area contributed by atoms with Gasteiger partial charge in [-0.25, -0.2) is 0 Å². The first kappa shape index (κ1) is 14.9. The minimum atomic E-state index is -3.46. The average molecular weight is 271 g/mol. The van der Waals surface area contributed by atoms with Gasteiger partial charge in [-0.15, -0.1) is 0 Å². The van der Waals surface area contributed by atoms with Crippen LogP contribution in [0, 0.1) is 0 Å². The van der Waals surface area contributed by atoms with Gasteiger partial charge in [-0.3, -0.25) is 4.72 Å². The number of nitrogens with zero attached hydrogens (tertiary/aromatic N) is 1. The SMILES string of the molecule is CCN(CC)S(=O)(=O)Nc1ccccc1CNC. The van der Waals surface area contributed by atoms with E-state index in [2.05, 4.69) is 10.0 Å². The van der Waals surface area contributed by atoms with Gasteiger partial charge >= 0.3 is 10.2 Å². The van der Waals surface area contributed by atoms with Crippen LogP contribution in [0.1, 0.15) is 19.4 Å². The van der Waals surface area contributed by atoms with Crippen LogP contribution in [0.25, 0.3) is 0 Å². The molecule has 0 saturated heterocycles. The standard InChI is InChI=1S/C12H21N3O2S/c1-4-15(5-2)18(16,17)14-12-9-7-6-8-11(12)10-13-3/h6-9,13-14H,4-5,10H2,1-3H3. The van der Waals surface area contributed by atoms with Gasteiger partial charge in [0.05, 0.1) is 5.69 Å². The molecule has 6 heteroatoms. The van der Waals surface area contributed by atoms with E-state index in [1.54, 1.807) is 6.07 Å². The van der Waals surface area contributed by atoms with Gasteiger partial charge < -0.3 is 5.32 Å². The number of nitrogens with one attached hydrogen (secondary N) is 2. The maximum atomic E-state index is 12.1. The Balaban J connectivity index is 2.96. The van der Waals surface area contributed by atoms with Crippen LogP contribution in [0.2, 0.25) is 0 Å². The Labute approximate surface area is 109 Å². The molecule has 5 nitrogen and oxygen atoms in total. The van der Waals surface area contributed by atoms with E-state index in [0.717, 1.165) is 5.56 Å². The second-order valence-electron chi connectivity index (χ2n) is 3.88. The summed E-state index contributed by atoms with van der Waals surface area (Å²) in [6.07, 6.45) is 0. The summed E-state index contributed by atoms with van der Waals surface area (Å²) >= 11 is 0. The summed E-state index contributed by atoms with van der Waals surface area (Å²) in [5.41, 5.74) is 1.55. The van der Waals surface area contributed by atoms with Crippen LogP contribution in [0.15, 0.2) is 24.3 Å². The molecule has 0 amide bonds. The minimum Gasteiger partial charge on any atom is -0.316 e. The highest BCUT2D eigenvalue weighted by Crippen LogP contribution is 2.17. The zero-order valence-corrected chi connectivity index (χ0v) is 11.9. The quantitative estimate of drug-likeness (QED) is 0.788. The highest BCUT2D eigenvalue weighted by Gasteiger charge is 2.19. The fourth-order valence-electron chi connectivity index (χ4n) is 1.73. The second-order valence-corrected chi connectivity index (χ2v) is 5.55. The Bertz CT molecular complexity index is 470. The van der Waals surface area contributed by atoms with Crippen molar-refractivity contribution in [2.75, 3.05) is 24.9 Å². The number of anilines is 1. The first-order valence-corrected chi connectivity index (χ1v) is 7.49. The van der Waals surface area contributed by atoms with Crippen molar-refractivity contribution in [3.63, 3.8) is 0 Å². The Kier molecular flexibility index (Phi) is 5.58. The van der Waals surface area contributed by atoms with Crippen molar-refractivity contribution in [3.8, 4) is 0 Å². The van der Waals surface area contributed by atoms with Crippen molar-refractivity contribution < 1.29 is 8.42 Å². The molecule has 0 aliphatic carbocycles. The fraction of sp³-hybridized carbons (Fsp3) is 0.500. The molecule has 18 heavy (non-hydrogen) atoms. The molecule has 0 spiro atoms. The predicted octanol–water partition coefficient (Wildman–Crippen LogP) is 1.40. The van der Waals surface area contributed by atoms with E-state index in [0.29, 0.717) is 25.3 Å². The van der Waals surface area contributed by atoms with Crippen LogP contribution in [-0.2, 0) is 16.8 Å². The zero-order valence-electron chi connectivity index (χ0n) is 11.1. The van der Waals surface area contributed by atoms with Gasteiger partial charge in [0.2, 0.25) is 0 Å². The smallest absolute Gasteiger partial charge is 0.301 e. The van der Waals surface area contributed by atoms with Crippen LogP contribution in [0.5, 0.6) is 0 Å². The molecule has 0 radical (unpaired) electrons. The van der Waals surface area contributed by atoms with Gasteiger partial charge in [0.25, 0.3) is 0 Å². The third-order valence-electron chi connectivity index (χ3n) is 2.67. The molecule has 1 aromatic carbocycles. The number of hydrogen-bond acceptors (Lipinski definition) is 3. The Hall–Kier alpha value is -1.11. The first-order chi connectivity index (χ1) is 8.55. The number of para-hydroxylation sites is 1. The Morgan fingerprint density at radius 1 is 1.17 bits per heavy atom. The molecule has 0 aliphatic rings. The fourth-order valence-corrected chi connectivity index (χ4v) is 3.02. The number of benzene rings is 1. The molecule has 0 aliphatic heterocycles. The van der Waals surface area contributed by atoms with Gasteiger partial charge in [0.1, 0.15) is 0 Å². The first-order valence-electron chi connectivity index (χ1n) is 6.05. The van der Waals surface area contributed by atoms with Gasteiger partial charge in [-0.05, 0) is 18.7 Å². The molecule has 0 atom stereocenters. The summed E-state index contributed by atoms with van der Waals surface area (Å²) in [5.74, 6) is 0. The van der Waals surface area contributed by atoms with Crippen molar-refractivity contribution in [2.24, 2.45) is 0 Å². The minimum absolute atomic E-state index is 0.458. The molecular weight excluding hydrogens is 250 g/mol. The van der Waals surface area contributed by atoms with E-state index in [-0.39, 0.29) is 0 Å². The van der Waals surface area contributed by atoms with Crippen LogP contribution in [0.4, 0.5) is 5.69 Å². The van der Waals surface area contributed by atoms with Crippen LogP contribution < -0.4 is 10.0 Å². The second kappa shape index (κ2) is 6.72. The largest absolute Gasteiger partial charge is 0.316 e. The lowest BCUT2D eigenvalue weighted by Crippen LogP contribution is -2.35. The number of rotatable bonds is 7. The maximum absolute atomic E-state index is 12.1. The summed E-state index contributed by atoms with van der Waals surface area (Å²) in [7, 11) is -1.63. The normalized spacial score (nSPS) is 11.8. The van der Waals surface area contributed by atoms with E-state index < -0.39 is 10.2 Å². The monoisotopic (exact) mass is 271 g/mol. The van der Waals surface area contributed by atoms with E-state index in [9.17, 15) is 8.42 Å². The third-order valence-corrected chi connectivity index (χ3v) is 4.34. The molecule has 0 fully saturated rings. The van der Waals surface area contributed by atoms with Gasteiger partial charge in [0.15, 0.2) is 0 Å². The predicted molar refractivity (Wildman–Crippen MR) is 74.7 cm³/mol. The molecule has 1 rings (SSSR count). The van der Waals surface area contributed by atoms with Crippen LogP contribution >= 0.6 is 0 Å². The molecule has 0 saturated carbocycles. The van der Waals surface area contributed by atoms with Crippen LogP contribution in [-0.4, -0.2) is 32.9 Å². The van der Waals surface area contributed by atoms with E-state index in [1.165, 1.54) is 4.31 Å². The van der Waals surface area contributed by atoms with Crippen LogP contribution in [0.3, 0.4) is 0 Å². The Morgan fingerprint density at radius 2 is 1.78 bits per heavy atom. The molecule has 2 N–H and O–H groups in total. The lowest BCUT2D eigenvalue weighted by Gasteiger charge is -2.20. The zero-order chi connectivity index (χ0) is 13.6. The van der Waals surface area contributed by atoms with Crippen molar-refractivity contribution >= 4 is 15.9 Å². The highest BCUT2D eigenvalue weighted by molar-refractivity contribution is 7.90.